The molecular formula is C26H47N3O3. The average molecular weight is 450 g/mol. The molecule has 0 aromatic rings. The molecule has 3 fully saturated rings. The van der Waals surface area contributed by atoms with Crippen molar-refractivity contribution in [3.8, 4) is 0 Å². The van der Waals surface area contributed by atoms with E-state index in [0.717, 1.165) is 19.5 Å². The second-order valence-corrected chi connectivity index (χ2v) is 10.4. The van der Waals surface area contributed by atoms with E-state index < -0.39 is 0 Å². The highest BCUT2D eigenvalue weighted by atomic mass is 16.5. The maximum Gasteiger partial charge on any atom is 0.223 e. The molecule has 1 aliphatic heterocycles. The number of morpholine rings is 1. The Morgan fingerprint density at radius 3 is 2.25 bits per heavy atom. The number of nitrogens with zero attached hydrogens (tertiary/aromatic N) is 2. The molecule has 0 radical (unpaired) electrons. The van der Waals surface area contributed by atoms with Crippen LogP contribution in [0.2, 0.25) is 0 Å². The molecule has 6 nitrogen and oxygen atoms in total. The Balaban J connectivity index is 1.56. The van der Waals surface area contributed by atoms with Gasteiger partial charge in [-0.1, -0.05) is 58.3 Å². The van der Waals surface area contributed by atoms with Gasteiger partial charge in [-0.2, -0.15) is 0 Å². The summed E-state index contributed by atoms with van der Waals surface area (Å²) in [6, 6.07) is 0.769. The zero-order chi connectivity index (χ0) is 22.8. The molecule has 0 aromatic heterocycles. The number of nitrogens with one attached hydrogen (secondary N) is 1. The first-order chi connectivity index (χ1) is 15.6. The summed E-state index contributed by atoms with van der Waals surface area (Å²) in [7, 11) is 0. The summed E-state index contributed by atoms with van der Waals surface area (Å²) >= 11 is 0. The molecule has 2 aliphatic carbocycles. The van der Waals surface area contributed by atoms with Crippen LogP contribution in [0.3, 0.4) is 0 Å². The third kappa shape index (κ3) is 8.02. The lowest BCUT2D eigenvalue weighted by Gasteiger charge is -2.36. The summed E-state index contributed by atoms with van der Waals surface area (Å²) in [5.74, 6) is 0.584. The van der Waals surface area contributed by atoms with Crippen LogP contribution < -0.4 is 5.32 Å². The van der Waals surface area contributed by atoms with E-state index in [9.17, 15) is 9.59 Å². The molecule has 32 heavy (non-hydrogen) atoms. The first-order valence-electron chi connectivity index (χ1n) is 13.5. The monoisotopic (exact) mass is 449 g/mol. The van der Waals surface area contributed by atoms with Gasteiger partial charge in [0.05, 0.1) is 13.2 Å². The number of ether oxygens (including phenoxy) is 1. The van der Waals surface area contributed by atoms with Crippen molar-refractivity contribution >= 4 is 11.8 Å². The predicted octanol–water partition coefficient (Wildman–Crippen LogP) is 3.98. The van der Waals surface area contributed by atoms with Gasteiger partial charge in [0.2, 0.25) is 11.8 Å². The van der Waals surface area contributed by atoms with Crippen LogP contribution in [0.25, 0.3) is 0 Å². The van der Waals surface area contributed by atoms with Crippen LogP contribution in [-0.4, -0.2) is 73.1 Å². The molecule has 1 saturated heterocycles. The van der Waals surface area contributed by atoms with Gasteiger partial charge in [0, 0.05) is 44.1 Å². The molecule has 1 heterocycles. The van der Waals surface area contributed by atoms with Crippen molar-refractivity contribution < 1.29 is 14.3 Å². The van der Waals surface area contributed by atoms with Crippen LogP contribution >= 0.6 is 0 Å². The number of rotatable bonds is 10. The smallest absolute Gasteiger partial charge is 0.223 e. The number of likely N-dealkylation sites (N-methyl/N-ethyl adjacent to an activating group) is 1. The molecule has 0 spiro atoms. The molecule has 184 valence electrons. The lowest BCUT2D eigenvalue weighted by atomic mass is 9.81. The van der Waals surface area contributed by atoms with Gasteiger partial charge in [-0.3, -0.25) is 14.5 Å². The Morgan fingerprint density at radius 1 is 1.00 bits per heavy atom. The third-order valence-electron chi connectivity index (χ3n) is 7.89. The highest BCUT2D eigenvalue weighted by Gasteiger charge is 2.30. The maximum absolute atomic E-state index is 13.4. The van der Waals surface area contributed by atoms with Crippen LogP contribution in [0.15, 0.2) is 0 Å². The summed E-state index contributed by atoms with van der Waals surface area (Å²) in [6.07, 6.45) is 14.0. The van der Waals surface area contributed by atoms with Crippen molar-refractivity contribution in [3.63, 3.8) is 0 Å². The van der Waals surface area contributed by atoms with Crippen LogP contribution in [0.4, 0.5) is 0 Å². The molecule has 2 atom stereocenters. The zero-order valence-corrected chi connectivity index (χ0v) is 20.7. The second-order valence-electron chi connectivity index (χ2n) is 10.4. The fourth-order valence-corrected chi connectivity index (χ4v) is 6.00. The first-order valence-corrected chi connectivity index (χ1v) is 13.5. The van der Waals surface area contributed by atoms with Gasteiger partial charge in [0.25, 0.3) is 0 Å². The van der Waals surface area contributed by atoms with Crippen molar-refractivity contribution in [2.24, 2.45) is 11.8 Å². The number of amides is 2. The molecule has 2 amide bonds. The predicted molar refractivity (Wildman–Crippen MR) is 128 cm³/mol. The van der Waals surface area contributed by atoms with E-state index in [1.807, 2.05) is 4.90 Å². The van der Waals surface area contributed by atoms with E-state index in [1.165, 1.54) is 64.2 Å². The largest absolute Gasteiger partial charge is 0.378 e. The second kappa shape index (κ2) is 13.5. The van der Waals surface area contributed by atoms with Crippen LogP contribution in [0.1, 0.15) is 90.9 Å². The first kappa shape index (κ1) is 25.5. The van der Waals surface area contributed by atoms with E-state index >= 15 is 0 Å². The van der Waals surface area contributed by atoms with E-state index in [4.69, 9.17) is 4.74 Å². The average Bonchev–Trinajstić information content (AvgIpc) is 2.83. The minimum absolute atomic E-state index is 0.0874. The Kier molecular flexibility index (Phi) is 10.8. The Labute approximate surface area is 195 Å². The standard InChI is InChI=1S/C26H47N3O3/c1-3-28(24-12-8-5-9-13-24)20-21(2)27-26(31)23(18-22-10-6-4-7-11-22)19-25(30)29-14-16-32-17-15-29/h21-24H,3-20H2,1-2H3,(H,27,31)/t21-,23?/m1/s1. The van der Waals surface area contributed by atoms with Gasteiger partial charge >= 0.3 is 0 Å². The van der Waals surface area contributed by atoms with Crippen LogP contribution in [0.5, 0.6) is 0 Å². The fourth-order valence-electron chi connectivity index (χ4n) is 6.00. The number of hydrogen-bond donors (Lipinski definition) is 1. The minimum atomic E-state index is -0.208. The summed E-state index contributed by atoms with van der Waals surface area (Å²) in [6.45, 7) is 8.82. The molecule has 3 rings (SSSR count). The van der Waals surface area contributed by atoms with Crippen LogP contribution in [-0.2, 0) is 14.3 Å². The van der Waals surface area contributed by atoms with Crippen molar-refractivity contribution in [2.45, 2.75) is 103 Å². The summed E-state index contributed by atoms with van der Waals surface area (Å²) in [4.78, 5) is 30.8. The molecule has 0 aromatic carbocycles. The molecule has 3 aliphatic rings. The highest BCUT2D eigenvalue weighted by Crippen LogP contribution is 2.31. The summed E-state index contributed by atoms with van der Waals surface area (Å²) in [5.41, 5.74) is 0. The quantitative estimate of drug-likeness (QED) is 0.548. The maximum atomic E-state index is 13.4. The summed E-state index contributed by atoms with van der Waals surface area (Å²) < 4.78 is 5.40. The van der Waals surface area contributed by atoms with Crippen molar-refractivity contribution in [1.29, 1.82) is 0 Å². The van der Waals surface area contributed by atoms with E-state index in [2.05, 4.69) is 24.1 Å². The number of carbonyl (C=O) groups excluding carboxylic acids is 2. The Morgan fingerprint density at radius 2 is 1.62 bits per heavy atom. The van der Waals surface area contributed by atoms with Crippen LogP contribution in [0, 0.1) is 11.8 Å². The van der Waals surface area contributed by atoms with Gasteiger partial charge < -0.3 is 15.0 Å². The van der Waals surface area contributed by atoms with Crippen molar-refractivity contribution in [1.82, 2.24) is 15.1 Å². The topological polar surface area (TPSA) is 61.9 Å². The molecule has 2 saturated carbocycles. The van der Waals surface area contributed by atoms with Gasteiger partial charge in [-0.15, -0.1) is 0 Å². The van der Waals surface area contributed by atoms with Crippen molar-refractivity contribution in [2.75, 3.05) is 39.4 Å². The molecule has 1 N–H and O–H groups in total. The fraction of sp³-hybridized carbons (Fsp3) is 0.923. The van der Waals surface area contributed by atoms with Gasteiger partial charge in [-0.25, -0.2) is 0 Å². The normalized spacial score (nSPS) is 23.2. The Hall–Kier alpha value is -1.14. The zero-order valence-electron chi connectivity index (χ0n) is 20.7. The Bertz CT molecular complexity index is 567. The van der Waals surface area contributed by atoms with Gasteiger partial charge in [-0.05, 0) is 38.6 Å². The SMILES string of the molecule is CCN(C[C@@H](C)NC(=O)C(CC(=O)N1CCOCC1)CC1CCCCC1)C1CCCCC1. The number of hydrogen-bond acceptors (Lipinski definition) is 4. The molecule has 1 unspecified atom stereocenters. The van der Waals surface area contributed by atoms with E-state index in [0.29, 0.717) is 44.7 Å². The summed E-state index contributed by atoms with van der Waals surface area (Å²) in [5, 5.41) is 3.31. The third-order valence-corrected chi connectivity index (χ3v) is 7.89. The lowest BCUT2D eigenvalue weighted by molar-refractivity contribution is -0.140. The van der Waals surface area contributed by atoms with E-state index in [1.54, 1.807) is 0 Å². The lowest BCUT2D eigenvalue weighted by Crippen LogP contribution is -2.48. The molecule has 6 heteroatoms. The van der Waals surface area contributed by atoms with Gasteiger partial charge in [0.15, 0.2) is 0 Å². The number of carbonyl (C=O) groups is 2. The highest BCUT2D eigenvalue weighted by molar-refractivity contribution is 5.86. The van der Waals surface area contributed by atoms with Crippen molar-refractivity contribution in [3.05, 3.63) is 0 Å². The minimum Gasteiger partial charge on any atom is -0.378 e. The van der Waals surface area contributed by atoms with E-state index in [-0.39, 0.29) is 23.8 Å². The molecule has 0 bridgehead atoms. The molecular weight excluding hydrogens is 402 g/mol. The van der Waals surface area contributed by atoms with Gasteiger partial charge in [0.1, 0.15) is 0 Å².